The lowest BCUT2D eigenvalue weighted by molar-refractivity contribution is -0.128. The highest BCUT2D eigenvalue weighted by atomic mass is 16.2. The molecule has 1 rings (SSSR count). The van der Waals surface area contributed by atoms with Crippen LogP contribution in [-0.2, 0) is 4.79 Å². The molecule has 3 heteroatoms. The Morgan fingerprint density at radius 2 is 2.19 bits per heavy atom. The molecule has 0 aromatic rings. The van der Waals surface area contributed by atoms with Gasteiger partial charge in [0.15, 0.2) is 0 Å². The predicted molar refractivity (Wildman–Crippen MR) is 67.2 cm³/mol. The summed E-state index contributed by atoms with van der Waals surface area (Å²) in [6.45, 7) is 8.29. The van der Waals surface area contributed by atoms with Crippen LogP contribution in [0, 0.1) is 0 Å². The van der Waals surface area contributed by atoms with Gasteiger partial charge in [-0.1, -0.05) is 19.1 Å². The van der Waals surface area contributed by atoms with Crippen molar-refractivity contribution in [3.63, 3.8) is 0 Å². The molecule has 3 nitrogen and oxygen atoms in total. The summed E-state index contributed by atoms with van der Waals surface area (Å²) in [5.74, 6) is 0.207. The molecule has 1 aliphatic rings. The molecule has 1 fully saturated rings. The molecule has 16 heavy (non-hydrogen) atoms. The molecule has 0 aromatic heterocycles. The van der Waals surface area contributed by atoms with E-state index in [1.54, 1.807) is 6.21 Å². The monoisotopic (exact) mass is 220 g/mol. The number of aliphatic imine (C=N–C) groups is 1. The van der Waals surface area contributed by atoms with Crippen LogP contribution in [0.4, 0.5) is 0 Å². The van der Waals surface area contributed by atoms with Gasteiger partial charge in [-0.15, -0.1) is 0 Å². The molecule has 1 saturated heterocycles. The zero-order valence-electron chi connectivity index (χ0n) is 10.2. The van der Waals surface area contributed by atoms with E-state index < -0.39 is 0 Å². The van der Waals surface area contributed by atoms with Crippen LogP contribution < -0.4 is 0 Å². The van der Waals surface area contributed by atoms with Gasteiger partial charge in [0, 0.05) is 18.7 Å². The van der Waals surface area contributed by atoms with Crippen molar-refractivity contribution in [3.05, 3.63) is 24.0 Å². The van der Waals surface area contributed by atoms with E-state index in [9.17, 15) is 4.79 Å². The lowest BCUT2D eigenvalue weighted by Crippen LogP contribution is -2.30. The molecule has 88 valence electrons. The zero-order valence-corrected chi connectivity index (χ0v) is 10.2. The summed E-state index contributed by atoms with van der Waals surface area (Å²) in [7, 11) is 0. The van der Waals surface area contributed by atoms with Gasteiger partial charge in [0.1, 0.15) is 0 Å². The number of amides is 1. The topological polar surface area (TPSA) is 32.7 Å². The molecule has 0 unspecified atom stereocenters. The lowest BCUT2D eigenvalue weighted by Gasteiger charge is -2.20. The Balaban J connectivity index is 2.78. The first-order chi connectivity index (χ1) is 7.65. The van der Waals surface area contributed by atoms with Gasteiger partial charge in [0.25, 0.3) is 0 Å². The van der Waals surface area contributed by atoms with Crippen molar-refractivity contribution in [3.8, 4) is 0 Å². The Hall–Kier alpha value is -1.38. The van der Waals surface area contributed by atoms with Crippen molar-refractivity contribution in [2.45, 2.75) is 39.5 Å². The number of nitrogens with zero attached hydrogens (tertiary/aromatic N) is 2. The summed E-state index contributed by atoms with van der Waals surface area (Å²) in [5, 5.41) is 0. The number of likely N-dealkylation sites (tertiary alicyclic amines) is 1. The summed E-state index contributed by atoms with van der Waals surface area (Å²) in [6.07, 6.45) is 7.52. The molecule has 0 aliphatic carbocycles. The van der Waals surface area contributed by atoms with Gasteiger partial charge in [-0.2, -0.15) is 0 Å². The summed E-state index contributed by atoms with van der Waals surface area (Å²) in [5.41, 5.74) is 1.64. The van der Waals surface area contributed by atoms with E-state index in [4.69, 9.17) is 0 Å². The fraction of sp³-hybridized carbons (Fsp3) is 0.538. The van der Waals surface area contributed by atoms with E-state index in [-0.39, 0.29) is 5.91 Å². The van der Waals surface area contributed by atoms with E-state index in [1.807, 2.05) is 24.8 Å². The molecule has 1 heterocycles. The first kappa shape index (κ1) is 12.7. The van der Waals surface area contributed by atoms with Crippen molar-refractivity contribution in [1.29, 1.82) is 0 Å². The highest BCUT2D eigenvalue weighted by Crippen LogP contribution is 2.15. The number of carbonyl (C=O) groups is 1. The van der Waals surface area contributed by atoms with Crippen LogP contribution in [0.2, 0.25) is 0 Å². The van der Waals surface area contributed by atoms with Gasteiger partial charge in [0.05, 0.1) is 11.9 Å². The predicted octanol–water partition coefficient (Wildman–Crippen LogP) is 2.90. The van der Waals surface area contributed by atoms with Crippen molar-refractivity contribution in [2.24, 2.45) is 4.99 Å². The van der Waals surface area contributed by atoms with E-state index in [0.717, 1.165) is 37.2 Å². The Kier molecular flexibility index (Phi) is 4.96. The average Bonchev–Trinajstić information content (AvgIpc) is 2.45. The van der Waals surface area contributed by atoms with Gasteiger partial charge in [-0.3, -0.25) is 9.79 Å². The van der Waals surface area contributed by atoms with Gasteiger partial charge < -0.3 is 4.90 Å². The number of carbonyl (C=O) groups excluding carboxylic acids is 1. The van der Waals surface area contributed by atoms with Gasteiger partial charge in [-0.05, 0) is 26.7 Å². The Morgan fingerprint density at radius 3 is 2.81 bits per heavy atom. The smallest absolute Gasteiger partial charge is 0.227 e. The number of rotatable bonds is 3. The second-order valence-electron chi connectivity index (χ2n) is 4.06. The summed E-state index contributed by atoms with van der Waals surface area (Å²) in [6, 6.07) is 0. The SMILES string of the molecule is C=C(C)N=C/C(=C\C)N1CCCCCC1=O. The van der Waals surface area contributed by atoms with E-state index >= 15 is 0 Å². The van der Waals surface area contributed by atoms with Crippen LogP contribution in [0.25, 0.3) is 0 Å². The first-order valence-electron chi connectivity index (χ1n) is 5.81. The standard InChI is InChI=1S/C13H20N2O/c1-4-12(10-14-11(2)3)15-9-7-5-6-8-13(15)16/h4,10H,2,5-9H2,1,3H3/b12-4+,14-10?. The minimum Gasteiger partial charge on any atom is -0.311 e. The highest BCUT2D eigenvalue weighted by Gasteiger charge is 2.18. The molecule has 0 saturated carbocycles. The molecule has 0 N–H and O–H groups in total. The van der Waals surface area contributed by atoms with Crippen molar-refractivity contribution in [2.75, 3.05) is 6.54 Å². The lowest BCUT2D eigenvalue weighted by atomic mass is 10.2. The number of hydrogen-bond donors (Lipinski definition) is 0. The third-order valence-corrected chi connectivity index (χ3v) is 2.60. The number of allylic oxidation sites excluding steroid dienone is 3. The maximum Gasteiger partial charge on any atom is 0.227 e. The third-order valence-electron chi connectivity index (χ3n) is 2.60. The second-order valence-corrected chi connectivity index (χ2v) is 4.06. The maximum atomic E-state index is 11.9. The van der Waals surface area contributed by atoms with E-state index in [1.165, 1.54) is 0 Å². The van der Waals surface area contributed by atoms with Gasteiger partial charge in [-0.25, -0.2) is 0 Å². The van der Waals surface area contributed by atoms with Crippen LogP contribution in [-0.4, -0.2) is 23.6 Å². The molecule has 0 atom stereocenters. The molecule has 0 aromatic carbocycles. The summed E-state index contributed by atoms with van der Waals surface area (Å²) >= 11 is 0. The van der Waals surface area contributed by atoms with Gasteiger partial charge >= 0.3 is 0 Å². The quantitative estimate of drug-likeness (QED) is 0.673. The second kappa shape index (κ2) is 6.26. The van der Waals surface area contributed by atoms with Gasteiger partial charge in [0.2, 0.25) is 5.91 Å². The van der Waals surface area contributed by atoms with E-state index in [2.05, 4.69) is 11.6 Å². The molecule has 0 bridgehead atoms. The Labute approximate surface area is 97.6 Å². The third kappa shape index (κ3) is 3.65. The minimum atomic E-state index is 0.207. The van der Waals surface area contributed by atoms with Crippen LogP contribution >= 0.6 is 0 Å². The van der Waals surface area contributed by atoms with Crippen molar-refractivity contribution in [1.82, 2.24) is 4.90 Å². The van der Waals surface area contributed by atoms with Crippen molar-refractivity contribution < 1.29 is 4.79 Å². The number of hydrogen-bond acceptors (Lipinski definition) is 2. The Morgan fingerprint density at radius 1 is 1.44 bits per heavy atom. The molecular weight excluding hydrogens is 200 g/mol. The maximum absolute atomic E-state index is 11.9. The Bertz CT molecular complexity index is 329. The molecule has 1 aliphatic heterocycles. The van der Waals surface area contributed by atoms with E-state index in [0.29, 0.717) is 6.42 Å². The fourth-order valence-electron chi connectivity index (χ4n) is 1.73. The average molecular weight is 220 g/mol. The van der Waals surface area contributed by atoms with Crippen LogP contribution in [0.3, 0.4) is 0 Å². The van der Waals surface area contributed by atoms with Crippen molar-refractivity contribution >= 4 is 12.1 Å². The fourth-order valence-corrected chi connectivity index (χ4v) is 1.73. The van der Waals surface area contributed by atoms with Crippen LogP contribution in [0.1, 0.15) is 39.5 Å². The largest absolute Gasteiger partial charge is 0.311 e. The van der Waals surface area contributed by atoms with Crippen LogP contribution in [0.5, 0.6) is 0 Å². The molecule has 1 amide bonds. The molecule has 0 radical (unpaired) electrons. The zero-order chi connectivity index (χ0) is 12.0. The highest BCUT2D eigenvalue weighted by molar-refractivity contribution is 5.88. The summed E-state index contributed by atoms with van der Waals surface area (Å²) < 4.78 is 0. The normalized spacial score (nSPS) is 19.0. The van der Waals surface area contributed by atoms with Crippen LogP contribution in [0.15, 0.2) is 29.0 Å². The first-order valence-corrected chi connectivity index (χ1v) is 5.81. The molecular formula is C13H20N2O. The molecule has 0 spiro atoms. The minimum absolute atomic E-state index is 0.207. The summed E-state index contributed by atoms with van der Waals surface area (Å²) in [4.78, 5) is 17.8.